The maximum absolute atomic E-state index is 5.33. The van der Waals surface area contributed by atoms with Crippen molar-refractivity contribution >= 4 is 5.82 Å². The lowest BCUT2D eigenvalue weighted by Gasteiger charge is -2.09. The van der Waals surface area contributed by atoms with Gasteiger partial charge in [0.25, 0.3) is 0 Å². The third kappa shape index (κ3) is 3.16. The first-order chi connectivity index (χ1) is 7.34. The molecule has 1 saturated heterocycles. The summed E-state index contributed by atoms with van der Waals surface area (Å²) in [5, 5.41) is 3.31. The van der Waals surface area contributed by atoms with Crippen LogP contribution in [0, 0.1) is 12.8 Å². The number of hydrogen-bond acceptors (Lipinski definition) is 4. The lowest BCUT2D eigenvalue weighted by atomic mass is 10.1. The number of hydrogen-bond donors (Lipinski definition) is 1. The van der Waals surface area contributed by atoms with E-state index in [4.69, 9.17) is 4.74 Å². The Labute approximate surface area is 90.1 Å². The number of nitrogens with one attached hydrogen (secondary N) is 1. The quantitative estimate of drug-likeness (QED) is 0.815. The van der Waals surface area contributed by atoms with Crippen LogP contribution in [0.25, 0.3) is 0 Å². The van der Waals surface area contributed by atoms with Crippen LogP contribution in [-0.4, -0.2) is 29.7 Å². The minimum absolute atomic E-state index is 0.723. The van der Waals surface area contributed by atoms with Crippen LogP contribution in [0.1, 0.15) is 18.5 Å². The molecule has 0 bridgehead atoms. The average Bonchev–Trinajstić information content (AvgIpc) is 2.71. The highest BCUT2D eigenvalue weighted by molar-refractivity contribution is 5.34. The Morgan fingerprint density at radius 3 is 3.20 bits per heavy atom. The molecule has 2 heterocycles. The lowest BCUT2D eigenvalue weighted by Crippen LogP contribution is -2.10. The standard InChI is InChI=1S/C11H17N3O/c1-9-6-11(14-8-13-9)12-4-2-10-3-5-15-7-10/h6,8,10H,2-5,7H2,1H3,(H,12,13,14). The molecule has 4 heteroatoms. The summed E-state index contributed by atoms with van der Waals surface area (Å²) in [5.41, 5.74) is 0.997. The molecule has 1 aromatic rings. The molecule has 1 unspecified atom stereocenters. The van der Waals surface area contributed by atoms with Gasteiger partial charge in [-0.1, -0.05) is 0 Å². The first-order valence-electron chi connectivity index (χ1n) is 5.45. The van der Waals surface area contributed by atoms with Crippen LogP contribution in [0.4, 0.5) is 5.82 Å². The van der Waals surface area contributed by atoms with E-state index in [2.05, 4.69) is 15.3 Å². The molecule has 1 fully saturated rings. The molecular formula is C11H17N3O. The van der Waals surface area contributed by atoms with Crippen molar-refractivity contribution in [3.63, 3.8) is 0 Å². The molecule has 1 N–H and O–H groups in total. The van der Waals surface area contributed by atoms with Gasteiger partial charge in [-0.15, -0.1) is 0 Å². The van der Waals surface area contributed by atoms with Crippen molar-refractivity contribution in [3.05, 3.63) is 18.1 Å². The molecular weight excluding hydrogens is 190 g/mol. The topological polar surface area (TPSA) is 47.0 Å². The van der Waals surface area contributed by atoms with Gasteiger partial charge in [0.1, 0.15) is 12.1 Å². The smallest absolute Gasteiger partial charge is 0.129 e. The molecule has 1 atom stereocenters. The van der Waals surface area contributed by atoms with Crippen molar-refractivity contribution in [2.75, 3.05) is 25.1 Å². The van der Waals surface area contributed by atoms with E-state index in [1.54, 1.807) is 6.33 Å². The highest BCUT2D eigenvalue weighted by Crippen LogP contribution is 2.16. The van der Waals surface area contributed by atoms with E-state index in [1.807, 2.05) is 13.0 Å². The van der Waals surface area contributed by atoms with Crippen LogP contribution < -0.4 is 5.32 Å². The Kier molecular flexibility index (Phi) is 3.50. The van der Waals surface area contributed by atoms with Crippen molar-refractivity contribution in [2.24, 2.45) is 5.92 Å². The SMILES string of the molecule is Cc1cc(NCCC2CCOC2)ncn1. The van der Waals surface area contributed by atoms with Crippen molar-refractivity contribution in [3.8, 4) is 0 Å². The monoisotopic (exact) mass is 207 g/mol. The first-order valence-corrected chi connectivity index (χ1v) is 5.45. The molecule has 4 nitrogen and oxygen atoms in total. The summed E-state index contributed by atoms with van der Waals surface area (Å²) in [6, 6.07) is 1.96. The second-order valence-electron chi connectivity index (χ2n) is 3.99. The second kappa shape index (κ2) is 5.07. The molecule has 1 aromatic heterocycles. The predicted octanol–water partition coefficient (Wildman–Crippen LogP) is 1.62. The third-order valence-corrected chi connectivity index (χ3v) is 2.69. The van der Waals surface area contributed by atoms with Gasteiger partial charge < -0.3 is 10.1 Å². The summed E-state index contributed by atoms with van der Waals surface area (Å²) in [5.74, 6) is 1.64. The Morgan fingerprint density at radius 1 is 1.53 bits per heavy atom. The highest BCUT2D eigenvalue weighted by atomic mass is 16.5. The van der Waals surface area contributed by atoms with Gasteiger partial charge in [-0.05, 0) is 25.7 Å². The molecule has 0 radical (unpaired) electrons. The van der Waals surface area contributed by atoms with Crippen molar-refractivity contribution in [1.82, 2.24) is 9.97 Å². The Balaban J connectivity index is 1.73. The third-order valence-electron chi connectivity index (χ3n) is 2.69. The fraction of sp³-hybridized carbons (Fsp3) is 0.636. The predicted molar refractivity (Wildman–Crippen MR) is 58.8 cm³/mol. The number of rotatable bonds is 4. The second-order valence-corrected chi connectivity index (χ2v) is 3.99. The van der Waals surface area contributed by atoms with E-state index < -0.39 is 0 Å². The normalized spacial score (nSPS) is 20.5. The fourth-order valence-electron chi connectivity index (χ4n) is 1.77. The number of aromatic nitrogens is 2. The van der Waals surface area contributed by atoms with Crippen LogP contribution in [0.3, 0.4) is 0 Å². The summed E-state index contributed by atoms with van der Waals surface area (Å²) in [4.78, 5) is 8.20. The van der Waals surface area contributed by atoms with Gasteiger partial charge in [-0.2, -0.15) is 0 Å². The summed E-state index contributed by atoms with van der Waals surface area (Å²) in [6.45, 7) is 4.78. The Bertz CT molecular complexity index is 310. The average molecular weight is 207 g/mol. The van der Waals surface area contributed by atoms with E-state index in [1.165, 1.54) is 6.42 Å². The van der Waals surface area contributed by atoms with E-state index in [-0.39, 0.29) is 0 Å². The highest BCUT2D eigenvalue weighted by Gasteiger charge is 2.14. The van der Waals surface area contributed by atoms with Crippen molar-refractivity contribution in [2.45, 2.75) is 19.8 Å². The van der Waals surface area contributed by atoms with Crippen LogP contribution in [0.2, 0.25) is 0 Å². The minimum Gasteiger partial charge on any atom is -0.381 e. The zero-order chi connectivity index (χ0) is 10.5. The van der Waals surface area contributed by atoms with Gasteiger partial charge >= 0.3 is 0 Å². The maximum Gasteiger partial charge on any atom is 0.129 e. The van der Waals surface area contributed by atoms with Gasteiger partial charge in [0.2, 0.25) is 0 Å². The molecule has 2 rings (SSSR count). The van der Waals surface area contributed by atoms with Crippen LogP contribution in [0.5, 0.6) is 0 Å². The Morgan fingerprint density at radius 2 is 2.47 bits per heavy atom. The molecule has 15 heavy (non-hydrogen) atoms. The zero-order valence-corrected chi connectivity index (χ0v) is 9.07. The number of nitrogens with zero attached hydrogens (tertiary/aromatic N) is 2. The molecule has 0 aliphatic carbocycles. The molecule has 82 valence electrons. The van der Waals surface area contributed by atoms with Gasteiger partial charge in [0.05, 0.1) is 0 Å². The van der Waals surface area contributed by atoms with E-state index in [9.17, 15) is 0 Å². The van der Waals surface area contributed by atoms with Gasteiger partial charge in [-0.3, -0.25) is 0 Å². The summed E-state index contributed by atoms with van der Waals surface area (Å²) in [7, 11) is 0. The fourth-order valence-corrected chi connectivity index (χ4v) is 1.77. The molecule has 1 aliphatic rings. The number of anilines is 1. The molecule has 0 amide bonds. The minimum atomic E-state index is 0.723. The van der Waals surface area contributed by atoms with Crippen molar-refractivity contribution in [1.29, 1.82) is 0 Å². The number of aryl methyl sites for hydroxylation is 1. The molecule has 0 aromatic carbocycles. The molecule has 1 aliphatic heterocycles. The van der Waals surface area contributed by atoms with Crippen molar-refractivity contribution < 1.29 is 4.74 Å². The van der Waals surface area contributed by atoms with E-state index in [0.29, 0.717) is 0 Å². The molecule has 0 saturated carbocycles. The Hall–Kier alpha value is -1.16. The number of ether oxygens (including phenoxy) is 1. The summed E-state index contributed by atoms with van der Waals surface area (Å²) < 4.78 is 5.33. The summed E-state index contributed by atoms with van der Waals surface area (Å²) in [6.07, 6.45) is 3.95. The van der Waals surface area contributed by atoms with E-state index >= 15 is 0 Å². The van der Waals surface area contributed by atoms with Gasteiger partial charge in [0, 0.05) is 31.5 Å². The van der Waals surface area contributed by atoms with Gasteiger partial charge in [0.15, 0.2) is 0 Å². The van der Waals surface area contributed by atoms with Gasteiger partial charge in [-0.25, -0.2) is 9.97 Å². The largest absolute Gasteiger partial charge is 0.381 e. The van der Waals surface area contributed by atoms with Crippen LogP contribution >= 0.6 is 0 Å². The lowest BCUT2D eigenvalue weighted by molar-refractivity contribution is 0.185. The molecule has 0 spiro atoms. The van der Waals surface area contributed by atoms with Crippen LogP contribution in [0.15, 0.2) is 12.4 Å². The summed E-state index contributed by atoms with van der Waals surface area (Å²) >= 11 is 0. The maximum atomic E-state index is 5.33. The zero-order valence-electron chi connectivity index (χ0n) is 9.07. The van der Waals surface area contributed by atoms with Crippen LogP contribution in [-0.2, 0) is 4.74 Å². The first kappa shape index (κ1) is 10.4. The van der Waals surface area contributed by atoms with E-state index in [0.717, 1.165) is 43.6 Å².